The van der Waals surface area contributed by atoms with E-state index in [0.29, 0.717) is 24.5 Å². The number of halogens is 1. The summed E-state index contributed by atoms with van der Waals surface area (Å²) in [6.45, 7) is 0.885. The lowest BCUT2D eigenvalue weighted by molar-refractivity contribution is 0.0994. The Hall–Kier alpha value is -3.14. The zero-order valence-corrected chi connectivity index (χ0v) is 19.2. The molecule has 0 bridgehead atoms. The van der Waals surface area contributed by atoms with E-state index in [4.69, 9.17) is 16.0 Å². The van der Waals surface area contributed by atoms with E-state index in [-0.39, 0.29) is 27.1 Å². The first-order valence-corrected chi connectivity index (χ1v) is 12.2. The number of rotatable bonds is 6. The zero-order chi connectivity index (χ0) is 23.4. The van der Waals surface area contributed by atoms with E-state index in [1.54, 1.807) is 36.4 Å². The molecule has 0 saturated carbocycles. The number of nitrogens with one attached hydrogen (secondary N) is 2. The van der Waals surface area contributed by atoms with Crippen LogP contribution in [-0.4, -0.2) is 37.6 Å². The molecule has 0 spiro atoms. The predicted octanol–water partition coefficient (Wildman–Crippen LogP) is 4.61. The Labute approximate surface area is 196 Å². The van der Waals surface area contributed by atoms with Crippen LogP contribution < -0.4 is 10.6 Å². The Morgan fingerprint density at radius 1 is 0.879 bits per heavy atom. The number of hydrogen-bond donors (Lipinski definition) is 2. The van der Waals surface area contributed by atoms with Crippen LogP contribution in [0.4, 0.5) is 11.4 Å². The van der Waals surface area contributed by atoms with Crippen molar-refractivity contribution in [1.29, 1.82) is 0 Å². The van der Waals surface area contributed by atoms with Crippen LogP contribution in [0.25, 0.3) is 0 Å². The van der Waals surface area contributed by atoms with Gasteiger partial charge in [-0.1, -0.05) is 18.0 Å². The van der Waals surface area contributed by atoms with Gasteiger partial charge in [-0.25, -0.2) is 8.42 Å². The summed E-state index contributed by atoms with van der Waals surface area (Å²) in [4.78, 5) is 24.7. The van der Waals surface area contributed by atoms with Gasteiger partial charge in [-0.2, -0.15) is 4.31 Å². The van der Waals surface area contributed by atoms with Crippen LogP contribution in [0.1, 0.15) is 40.2 Å². The van der Waals surface area contributed by atoms with Crippen LogP contribution in [0, 0.1) is 0 Å². The van der Waals surface area contributed by atoms with Gasteiger partial charge < -0.3 is 15.1 Å². The van der Waals surface area contributed by atoms with Crippen molar-refractivity contribution in [3.05, 3.63) is 77.2 Å². The van der Waals surface area contributed by atoms with E-state index in [9.17, 15) is 18.0 Å². The van der Waals surface area contributed by atoms with E-state index < -0.39 is 15.9 Å². The van der Waals surface area contributed by atoms with Crippen molar-refractivity contribution < 1.29 is 22.4 Å². The molecule has 1 aromatic heterocycles. The van der Waals surface area contributed by atoms with Crippen LogP contribution in [0.15, 0.2) is 70.2 Å². The first kappa shape index (κ1) is 23.0. The molecule has 2 N–H and O–H groups in total. The third kappa shape index (κ3) is 5.27. The fourth-order valence-corrected chi connectivity index (χ4v) is 5.54. The Bertz CT molecular complexity index is 1250. The molecule has 0 atom stereocenters. The number of hydrogen-bond acceptors (Lipinski definition) is 5. The summed E-state index contributed by atoms with van der Waals surface area (Å²) >= 11 is 6.18. The lowest BCUT2D eigenvalue weighted by Gasteiger charge is -2.26. The maximum Gasteiger partial charge on any atom is 0.291 e. The predicted molar refractivity (Wildman–Crippen MR) is 125 cm³/mol. The van der Waals surface area contributed by atoms with Gasteiger partial charge in [0.1, 0.15) is 4.90 Å². The van der Waals surface area contributed by atoms with Crippen LogP contribution in [0.5, 0.6) is 0 Å². The first-order chi connectivity index (χ1) is 15.8. The van der Waals surface area contributed by atoms with Crippen molar-refractivity contribution in [2.75, 3.05) is 23.7 Å². The maximum absolute atomic E-state index is 13.0. The second-order valence-electron chi connectivity index (χ2n) is 7.57. The SMILES string of the molecule is O=C(Nc1ccc(NC(=O)c2ccco2)cc1)c1ccc(Cl)c(S(=O)(=O)N2CCCCC2)c1. The summed E-state index contributed by atoms with van der Waals surface area (Å²) in [5.74, 6) is -0.681. The summed E-state index contributed by atoms with van der Waals surface area (Å²) in [7, 11) is -3.78. The van der Waals surface area contributed by atoms with E-state index in [1.807, 2.05) is 0 Å². The summed E-state index contributed by atoms with van der Waals surface area (Å²) in [6.07, 6.45) is 4.00. The van der Waals surface area contributed by atoms with Gasteiger partial charge >= 0.3 is 0 Å². The lowest BCUT2D eigenvalue weighted by atomic mass is 10.2. The van der Waals surface area contributed by atoms with Crippen LogP contribution >= 0.6 is 11.6 Å². The third-order valence-corrected chi connectivity index (χ3v) is 7.65. The Kier molecular flexibility index (Phi) is 6.83. The molecule has 1 saturated heterocycles. The average molecular weight is 488 g/mol. The zero-order valence-electron chi connectivity index (χ0n) is 17.6. The van der Waals surface area contributed by atoms with Gasteiger partial charge in [0.2, 0.25) is 10.0 Å². The minimum atomic E-state index is -3.78. The topological polar surface area (TPSA) is 109 Å². The largest absolute Gasteiger partial charge is 0.459 e. The van der Waals surface area contributed by atoms with Gasteiger partial charge in [0.25, 0.3) is 11.8 Å². The minimum Gasteiger partial charge on any atom is -0.459 e. The molecule has 1 fully saturated rings. The molecule has 2 heterocycles. The molecular weight excluding hydrogens is 466 g/mol. The molecule has 172 valence electrons. The van der Waals surface area contributed by atoms with Crippen molar-refractivity contribution in [2.45, 2.75) is 24.2 Å². The van der Waals surface area contributed by atoms with Gasteiger partial charge in [0.05, 0.1) is 11.3 Å². The summed E-state index contributed by atoms with van der Waals surface area (Å²) < 4.78 is 32.5. The number of nitrogens with zero attached hydrogens (tertiary/aromatic N) is 1. The Morgan fingerprint density at radius 2 is 1.52 bits per heavy atom. The van der Waals surface area contributed by atoms with Crippen molar-refractivity contribution in [3.8, 4) is 0 Å². The number of amides is 2. The maximum atomic E-state index is 13.0. The van der Waals surface area contributed by atoms with Gasteiger partial charge in [-0.3, -0.25) is 9.59 Å². The van der Waals surface area contributed by atoms with Crippen molar-refractivity contribution >= 4 is 44.8 Å². The highest BCUT2D eigenvalue weighted by molar-refractivity contribution is 7.89. The van der Waals surface area contributed by atoms with E-state index in [2.05, 4.69) is 10.6 Å². The molecule has 8 nitrogen and oxygen atoms in total. The monoisotopic (exact) mass is 487 g/mol. The van der Waals surface area contributed by atoms with E-state index in [1.165, 1.54) is 28.8 Å². The molecule has 2 aromatic carbocycles. The van der Waals surface area contributed by atoms with Gasteiger partial charge in [-0.15, -0.1) is 0 Å². The number of benzene rings is 2. The average Bonchev–Trinajstić information content (AvgIpc) is 3.36. The normalized spacial score (nSPS) is 14.6. The number of anilines is 2. The molecular formula is C23H22ClN3O5S. The quantitative estimate of drug-likeness (QED) is 0.527. The summed E-state index contributed by atoms with van der Waals surface area (Å²) in [5, 5.41) is 5.49. The molecule has 0 aliphatic carbocycles. The fraction of sp³-hybridized carbons (Fsp3) is 0.217. The highest BCUT2D eigenvalue weighted by atomic mass is 35.5. The Balaban J connectivity index is 1.46. The van der Waals surface area contributed by atoms with Gasteiger partial charge in [0, 0.05) is 30.0 Å². The molecule has 0 unspecified atom stereocenters. The second-order valence-corrected chi connectivity index (χ2v) is 9.89. The highest BCUT2D eigenvalue weighted by Gasteiger charge is 2.28. The van der Waals surface area contributed by atoms with E-state index >= 15 is 0 Å². The smallest absolute Gasteiger partial charge is 0.291 e. The van der Waals surface area contributed by atoms with E-state index in [0.717, 1.165) is 19.3 Å². The molecule has 1 aliphatic rings. The van der Waals surface area contributed by atoms with Crippen molar-refractivity contribution in [3.63, 3.8) is 0 Å². The van der Waals surface area contributed by atoms with Crippen molar-refractivity contribution in [1.82, 2.24) is 4.31 Å². The molecule has 3 aromatic rings. The standard InChI is InChI=1S/C23H22ClN3O5S/c24-19-11-6-16(15-21(19)33(30,31)27-12-2-1-3-13-27)22(28)25-17-7-9-18(10-8-17)26-23(29)20-5-4-14-32-20/h4-11,14-15H,1-3,12-13H2,(H,25,28)(H,26,29). The molecule has 33 heavy (non-hydrogen) atoms. The minimum absolute atomic E-state index is 0.0743. The van der Waals surface area contributed by atoms with Gasteiger partial charge in [-0.05, 0) is 67.4 Å². The van der Waals surface area contributed by atoms with Crippen LogP contribution in [0.3, 0.4) is 0 Å². The van der Waals surface area contributed by atoms with Gasteiger partial charge in [0.15, 0.2) is 5.76 Å². The first-order valence-electron chi connectivity index (χ1n) is 10.4. The fourth-order valence-electron chi connectivity index (χ4n) is 3.53. The lowest BCUT2D eigenvalue weighted by Crippen LogP contribution is -2.35. The van der Waals surface area contributed by atoms with Crippen LogP contribution in [0.2, 0.25) is 5.02 Å². The number of carbonyl (C=O) groups excluding carboxylic acids is 2. The van der Waals surface area contributed by atoms with Crippen molar-refractivity contribution in [2.24, 2.45) is 0 Å². The second kappa shape index (κ2) is 9.78. The number of carbonyl (C=O) groups is 2. The molecule has 4 rings (SSSR count). The number of piperidine rings is 1. The number of sulfonamides is 1. The molecule has 10 heteroatoms. The Morgan fingerprint density at radius 3 is 2.12 bits per heavy atom. The van der Waals surface area contributed by atoms with Crippen LogP contribution in [-0.2, 0) is 10.0 Å². The third-order valence-electron chi connectivity index (χ3n) is 5.27. The molecule has 0 radical (unpaired) electrons. The number of furan rings is 1. The molecule has 2 amide bonds. The molecule has 1 aliphatic heterocycles. The highest BCUT2D eigenvalue weighted by Crippen LogP contribution is 2.28. The summed E-state index contributed by atoms with van der Waals surface area (Å²) in [5.41, 5.74) is 1.17. The summed E-state index contributed by atoms with van der Waals surface area (Å²) in [6, 6.07) is 13.9.